The molecule has 35 heavy (non-hydrogen) atoms. The molecule has 0 aromatic carbocycles. The van der Waals surface area contributed by atoms with Crippen LogP contribution in [0.15, 0.2) is 55.2 Å². The lowest BCUT2D eigenvalue weighted by molar-refractivity contribution is -0.135. The van der Waals surface area contributed by atoms with Crippen LogP contribution in [-0.4, -0.2) is 61.0 Å². The number of amides is 1. The first kappa shape index (κ1) is 22.5. The van der Waals surface area contributed by atoms with Crippen molar-refractivity contribution in [3.8, 4) is 23.1 Å². The van der Waals surface area contributed by atoms with Gasteiger partial charge in [0.25, 0.3) is 0 Å². The summed E-state index contributed by atoms with van der Waals surface area (Å²) in [5.74, 6) is 1.66. The second-order valence-electron chi connectivity index (χ2n) is 9.02. The van der Waals surface area contributed by atoms with Crippen LogP contribution in [0.5, 0.6) is 0 Å². The lowest BCUT2D eigenvalue weighted by atomic mass is 10.1. The van der Waals surface area contributed by atoms with Crippen molar-refractivity contribution in [2.24, 2.45) is 5.92 Å². The van der Waals surface area contributed by atoms with Crippen LogP contribution < -0.4 is 4.90 Å². The Balaban J connectivity index is 1.65. The van der Waals surface area contributed by atoms with E-state index in [0.29, 0.717) is 30.9 Å². The second-order valence-corrected chi connectivity index (χ2v) is 9.02. The van der Waals surface area contributed by atoms with Gasteiger partial charge in [-0.05, 0) is 31.2 Å². The van der Waals surface area contributed by atoms with E-state index in [0.717, 1.165) is 28.2 Å². The zero-order valence-corrected chi connectivity index (χ0v) is 20.0. The van der Waals surface area contributed by atoms with Crippen LogP contribution in [0.2, 0.25) is 0 Å². The minimum atomic E-state index is -0.0277. The summed E-state index contributed by atoms with van der Waals surface area (Å²) in [4.78, 5) is 35.2. The van der Waals surface area contributed by atoms with E-state index >= 15 is 0 Å². The Hall–Kier alpha value is -4.32. The van der Waals surface area contributed by atoms with Crippen LogP contribution in [0, 0.1) is 17.2 Å². The third kappa shape index (κ3) is 4.08. The van der Waals surface area contributed by atoms with Crippen molar-refractivity contribution < 1.29 is 4.79 Å². The molecular weight excluding hydrogens is 440 g/mol. The van der Waals surface area contributed by atoms with Gasteiger partial charge in [-0.3, -0.25) is 14.3 Å². The molecule has 9 nitrogen and oxygen atoms in total. The molecule has 1 aliphatic rings. The standard InChI is InChI=1S/C26H26N8O/c1-17(2)26(35)32-10-11-33(18(3)14-32)25-24-23(30-16-31-25)20(21-12-19(13-27)7-9-28-21)15-34(24)22-6-4-5-8-29-22/h4-9,12,15-18H,10-11,14H2,1-3H3/t18-/m0/s1. The maximum absolute atomic E-state index is 12.6. The first-order valence-corrected chi connectivity index (χ1v) is 11.7. The molecular formula is C26H26N8O. The summed E-state index contributed by atoms with van der Waals surface area (Å²) < 4.78 is 1.99. The molecule has 0 N–H and O–H groups in total. The maximum atomic E-state index is 12.6. The molecule has 0 radical (unpaired) electrons. The van der Waals surface area contributed by atoms with Crippen molar-refractivity contribution in [2.45, 2.75) is 26.8 Å². The normalized spacial score (nSPS) is 16.0. The molecule has 1 atom stereocenters. The molecule has 0 saturated carbocycles. The zero-order valence-electron chi connectivity index (χ0n) is 20.0. The van der Waals surface area contributed by atoms with Gasteiger partial charge in [-0.15, -0.1) is 0 Å². The number of hydrogen-bond donors (Lipinski definition) is 0. The Morgan fingerprint density at radius 3 is 2.69 bits per heavy atom. The fourth-order valence-corrected chi connectivity index (χ4v) is 4.60. The quantitative estimate of drug-likeness (QED) is 0.454. The molecule has 5 rings (SSSR count). The van der Waals surface area contributed by atoms with Crippen molar-refractivity contribution in [3.63, 3.8) is 0 Å². The third-order valence-corrected chi connectivity index (χ3v) is 6.32. The van der Waals surface area contributed by atoms with Gasteiger partial charge in [0.1, 0.15) is 23.2 Å². The van der Waals surface area contributed by atoms with Gasteiger partial charge < -0.3 is 9.80 Å². The highest BCUT2D eigenvalue weighted by molar-refractivity contribution is 5.99. The van der Waals surface area contributed by atoms with Crippen LogP contribution in [0.25, 0.3) is 28.1 Å². The Kier molecular flexibility index (Phi) is 5.87. The summed E-state index contributed by atoms with van der Waals surface area (Å²) in [7, 11) is 0. The molecule has 0 unspecified atom stereocenters. The van der Waals surface area contributed by atoms with Crippen LogP contribution in [-0.2, 0) is 4.79 Å². The van der Waals surface area contributed by atoms with Crippen molar-refractivity contribution in [2.75, 3.05) is 24.5 Å². The summed E-state index contributed by atoms with van der Waals surface area (Å²) in [6.45, 7) is 7.91. The number of aromatic nitrogens is 5. The molecule has 1 fully saturated rings. The third-order valence-electron chi connectivity index (χ3n) is 6.32. The van der Waals surface area contributed by atoms with E-state index in [1.807, 2.05) is 47.7 Å². The number of piperazine rings is 1. The summed E-state index contributed by atoms with van der Waals surface area (Å²) in [5, 5.41) is 9.39. The minimum absolute atomic E-state index is 0.0277. The van der Waals surface area contributed by atoms with E-state index in [4.69, 9.17) is 4.98 Å². The number of nitriles is 1. The second kappa shape index (κ2) is 9.14. The molecule has 4 aromatic heterocycles. The number of rotatable bonds is 4. The van der Waals surface area contributed by atoms with Crippen molar-refractivity contribution >= 4 is 22.8 Å². The summed E-state index contributed by atoms with van der Waals surface area (Å²) in [6.07, 6.45) is 6.90. The van der Waals surface area contributed by atoms with Gasteiger partial charge in [-0.2, -0.15) is 5.26 Å². The van der Waals surface area contributed by atoms with E-state index in [-0.39, 0.29) is 17.9 Å². The highest BCUT2D eigenvalue weighted by Gasteiger charge is 2.31. The maximum Gasteiger partial charge on any atom is 0.225 e. The predicted octanol–water partition coefficient (Wildman–Crippen LogP) is 3.44. The first-order chi connectivity index (χ1) is 17.0. The first-order valence-electron chi connectivity index (χ1n) is 11.7. The minimum Gasteiger partial charge on any atom is -0.348 e. The van der Waals surface area contributed by atoms with Crippen LogP contribution in [0.3, 0.4) is 0 Å². The van der Waals surface area contributed by atoms with E-state index in [9.17, 15) is 10.1 Å². The average molecular weight is 467 g/mol. The van der Waals surface area contributed by atoms with Gasteiger partial charge in [0.2, 0.25) is 5.91 Å². The molecule has 9 heteroatoms. The van der Waals surface area contributed by atoms with Crippen molar-refractivity contribution in [1.82, 2.24) is 29.4 Å². The Bertz CT molecular complexity index is 1420. The number of anilines is 1. The lowest BCUT2D eigenvalue weighted by Gasteiger charge is -2.41. The van der Waals surface area contributed by atoms with Crippen molar-refractivity contribution in [1.29, 1.82) is 5.26 Å². The number of hydrogen-bond acceptors (Lipinski definition) is 7. The number of carbonyl (C=O) groups excluding carboxylic acids is 1. The summed E-state index contributed by atoms with van der Waals surface area (Å²) in [5.41, 5.74) is 3.54. The van der Waals surface area contributed by atoms with E-state index < -0.39 is 0 Å². The smallest absolute Gasteiger partial charge is 0.225 e. The Morgan fingerprint density at radius 1 is 1.11 bits per heavy atom. The highest BCUT2D eigenvalue weighted by atomic mass is 16.2. The molecule has 0 bridgehead atoms. The molecule has 1 saturated heterocycles. The molecule has 4 aromatic rings. The van der Waals surface area contributed by atoms with Gasteiger partial charge >= 0.3 is 0 Å². The van der Waals surface area contributed by atoms with Gasteiger partial charge in [-0.25, -0.2) is 15.0 Å². The average Bonchev–Trinajstić information content (AvgIpc) is 3.29. The predicted molar refractivity (Wildman–Crippen MR) is 133 cm³/mol. The van der Waals surface area contributed by atoms with Gasteiger partial charge in [0.15, 0.2) is 5.82 Å². The van der Waals surface area contributed by atoms with Crippen LogP contribution >= 0.6 is 0 Å². The summed E-state index contributed by atoms with van der Waals surface area (Å²) >= 11 is 0. The fourth-order valence-electron chi connectivity index (χ4n) is 4.60. The van der Waals surface area contributed by atoms with E-state index in [1.54, 1.807) is 30.9 Å². The SMILES string of the molecule is CC(C)C(=O)N1CCN(c2ncnc3c(-c4cc(C#N)ccn4)cn(-c4ccccn4)c23)[C@@H](C)C1. The Labute approximate surface area is 203 Å². The van der Waals surface area contributed by atoms with Crippen molar-refractivity contribution in [3.05, 3.63) is 60.8 Å². The monoisotopic (exact) mass is 466 g/mol. The van der Waals surface area contributed by atoms with Crippen LogP contribution in [0.4, 0.5) is 5.82 Å². The molecule has 1 amide bonds. The largest absolute Gasteiger partial charge is 0.348 e. The van der Waals surface area contributed by atoms with E-state index in [2.05, 4.69) is 32.8 Å². The van der Waals surface area contributed by atoms with Crippen LogP contribution in [0.1, 0.15) is 26.3 Å². The fraction of sp³-hybridized carbons (Fsp3) is 0.308. The van der Waals surface area contributed by atoms with Gasteiger partial charge in [-0.1, -0.05) is 19.9 Å². The number of fused-ring (bicyclic) bond motifs is 1. The Morgan fingerprint density at radius 2 is 1.97 bits per heavy atom. The van der Waals surface area contributed by atoms with E-state index in [1.165, 1.54) is 0 Å². The number of nitrogens with zero attached hydrogens (tertiary/aromatic N) is 8. The number of carbonyl (C=O) groups is 1. The highest BCUT2D eigenvalue weighted by Crippen LogP contribution is 2.35. The summed E-state index contributed by atoms with van der Waals surface area (Å²) in [6, 6.07) is 11.4. The molecule has 176 valence electrons. The number of pyridine rings is 2. The lowest BCUT2D eigenvalue weighted by Crippen LogP contribution is -2.54. The molecule has 0 spiro atoms. The molecule has 1 aliphatic heterocycles. The molecule has 5 heterocycles. The molecule has 0 aliphatic carbocycles. The van der Waals surface area contributed by atoms with Gasteiger partial charge in [0.05, 0.1) is 17.3 Å². The van der Waals surface area contributed by atoms with Gasteiger partial charge in [0, 0.05) is 55.7 Å². The zero-order chi connectivity index (χ0) is 24.5. The topological polar surface area (TPSA) is 104 Å².